The van der Waals surface area contributed by atoms with E-state index in [1.807, 2.05) is 38.8 Å². The molecule has 0 bridgehead atoms. The summed E-state index contributed by atoms with van der Waals surface area (Å²) in [5.74, 6) is 0.402. The lowest BCUT2D eigenvalue weighted by molar-refractivity contribution is 0.0239. The minimum atomic E-state index is -0.363. The summed E-state index contributed by atoms with van der Waals surface area (Å²) in [6.45, 7) is 9.46. The summed E-state index contributed by atoms with van der Waals surface area (Å²) in [7, 11) is 5.49. The Morgan fingerprint density at radius 1 is 1.50 bits per heavy atom. The molecule has 1 aromatic heterocycles. The number of hydrogen-bond acceptors (Lipinski definition) is 4. The minimum absolute atomic E-state index is 0.0475. The third-order valence-corrected chi connectivity index (χ3v) is 5.41. The minimum Gasteiger partial charge on any atom is -0.377 e. The molecule has 148 valence electrons. The molecule has 2 rings (SSSR count). The molecular formula is C19H35N5O2. The van der Waals surface area contributed by atoms with Gasteiger partial charge in [-0.25, -0.2) is 4.79 Å². The Morgan fingerprint density at radius 3 is 2.81 bits per heavy atom. The molecule has 1 N–H and O–H groups in total. The van der Waals surface area contributed by atoms with E-state index in [-0.39, 0.29) is 11.6 Å². The second-order valence-electron chi connectivity index (χ2n) is 7.93. The van der Waals surface area contributed by atoms with Gasteiger partial charge in [0.2, 0.25) is 0 Å². The van der Waals surface area contributed by atoms with E-state index in [4.69, 9.17) is 4.74 Å². The first kappa shape index (κ1) is 20.7. The highest BCUT2D eigenvalue weighted by atomic mass is 16.5. The fourth-order valence-corrected chi connectivity index (χ4v) is 3.70. The predicted octanol–water partition coefficient (Wildman–Crippen LogP) is 2.26. The van der Waals surface area contributed by atoms with Crippen LogP contribution in [0, 0.1) is 5.92 Å². The lowest BCUT2D eigenvalue weighted by Crippen LogP contribution is -2.48. The van der Waals surface area contributed by atoms with Crippen molar-refractivity contribution in [3.63, 3.8) is 0 Å². The fourth-order valence-electron chi connectivity index (χ4n) is 3.70. The first-order chi connectivity index (χ1) is 12.3. The molecule has 1 aromatic rings. The maximum atomic E-state index is 12.5. The summed E-state index contributed by atoms with van der Waals surface area (Å²) in [5, 5.41) is 7.34. The van der Waals surface area contributed by atoms with Gasteiger partial charge in [-0.15, -0.1) is 0 Å². The fraction of sp³-hybridized carbons (Fsp3) is 0.789. The van der Waals surface area contributed by atoms with Crippen LogP contribution in [-0.4, -0.2) is 71.5 Å². The van der Waals surface area contributed by atoms with E-state index in [0.717, 1.165) is 26.1 Å². The van der Waals surface area contributed by atoms with Crippen LogP contribution in [0.4, 0.5) is 4.79 Å². The van der Waals surface area contributed by atoms with E-state index >= 15 is 0 Å². The van der Waals surface area contributed by atoms with Gasteiger partial charge < -0.3 is 15.0 Å². The first-order valence-corrected chi connectivity index (χ1v) is 9.54. The van der Waals surface area contributed by atoms with Gasteiger partial charge >= 0.3 is 6.03 Å². The van der Waals surface area contributed by atoms with Crippen LogP contribution < -0.4 is 5.32 Å². The Labute approximate surface area is 157 Å². The van der Waals surface area contributed by atoms with Crippen molar-refractivity contribution < 1.29 is 9.53 Å². The molecule has 1 saturated heterocycles. The summed E-state index contributed by atoms with van der Waals surface area (Å²) < 4.78 is 7.23. The lowest BCUT2D eigenvalue weighted by Gasteiger charge is -2.42. The SMILES string of the molecule is CCN1CCC[C@@H](CN(C)C(=O)NCC(C)(C)OC)[C@@H]1c1cnn(C)c1. The van der Waals surface area contributed by atoms with Crippen LogP contribution in [-0.2, 0) is 11.8 Å². The van der Waals surface area contributed by atoms with Gasteiger partial charge in [-0.05, 0) is 45.7 Å². The number of amides is 2. The molecule has 0 unspecified atom stereocenters. The summed E-state index contributed by atoms with van der Waals surface area (Å²) in [6, 6.07) is 0.266. The monoisotopic (exact) mass is 365 g/mol. The highest BCUT2D eigenvalue weighted by molar-refractivity contribution is 5.73. The molecule has 0 spiro atoms. The maximum Gasteiger partial charge on any atom is 0.317 e. The number of nitrogens with one attached hydrogen (secondary N) is 1. The number of carbonyl (C=O) groups excluding carboxylic acids is 1. The number of piperidine rings is 1. The Balaban J connectivity index is 2.03. The highest BCUT2D eigenvalue weighted by Gasteiger charge is 2.34. The van der Waals surface area contributed by atoms with Crippen LogP contribution in [0.1, 0.15) is 45.2 Å². The number of urea groups is 1. The molecule has 2 heterocycles. The van der Waals surface area contributed by atoms with E-state index in [0.29, 0.717) is 18.5 Å². The van der Waals surface area contributed by atoms with Crippen LogP contribution in [0.25, 0.3) is 0 Å². The van der Waals surface area contributed by atoms with Crippen LogP contribution in [0.15, 0.2) is 12.4 Å². The number of likely N-dealkylation sites (tertiary alicyclic amines) is 1. The molecule has 1 aliphatic heterocycles. The molecular weight excluding hydrogens is 330 g/mol. The van der Waals surface area contributed by atoms with Gasteiger partial charge in [0.1, 0.15) is 0 Å². The van der Waals surface area contributed by atoms with Crippen LogP contribution in [0.2, 0.25) is 0 Å². The molecule has 7 heteroatoms. The number of rotatable bonds is 7. The van der Waals surface area contributed by atoms with Crippen LogP contribution in [0.3, 0.4) is 0 Å². The van der Waals surface area contributed by atoms with Gasteiger partial charge in [0.15, 0.2) is 0 Å². The van der Waals surface area contributed by atoms with Gasteiger partial charge in [0, 0.05) is 52.1 Å². The third-order valence-electron chi connectivity index (χ3n) is 5.41. The number of aromatic nitrogens is 2. The molecule has 2 amide bonds. The zero-order valence-electron chi connectivity index (χ0n) is 17.2. The number of hydrogen-bond donors (Lipinski definition) is 1. The largest absolute Gasteiger partial charge is 0.377 e. The topological polar surface area (TPSA) is 62.6 Å². The number of carbonyl (C=O) groups is 1. The van der Waals surface area contributed by atoms with E-state index in [9.17, 15) is 4.79 Å². The average molecular weight is 366 g/mol. The van der Waals surface area contributed by atoms with Crippen LogP contribution in [0.5, 0.6) is 0 Å². The summed E-state index contributed by atoms with van der Waals surface area (Å²) in [6.07, 6.45) is 6.36. The normalized spacial score (nSPS) is 21.6. The van der Waals surface area contributed by atoms with Crippen molar-refractivity contribution in [2.24, 2.45) is 13.0 Å². The van der Waals surface area contributed by atoms with Gasteiger partial charge in [-0.2, -0.15) is 5.10 Å². The van der Waals surface area contributed by atoms with Gasteiger partial charge in [-0.3, -0.25) is 9.58 Å². The quantitative estimate of drug-likeness (QED) is 0.805. The molecule has 7 nitrogen and oxygen atoms in total. The smallest absolute Gasteiger partial charge is 0.317 e. The Morgan fingerprint density at radius 2 is 2.23 bits per heavy atom. The zero-order chi connectivity index (χ0) is 19.3. The molecule has 0 radical (unpaired) electrons. The second-order valence-corrected chi connectivity index (χ2v) is 7.93. The van der Waals surface area contributed by atoms with Crippen molar-refractivity contribution in [1.82, 2.24) is 24.9 Å². The van der Waals surface area contributed by atoms with E-state index < -0.39 is 0 Å². The van der Waals surface area contributed by atoms with Crippen molar-refractivity contribution in [1.29, 1.82) is 0 Å². The molecule has 0 aliphatic carbocycles. The highest BCUT2D eigenvalue weighted by Crippen LogP contribution is 2.36. The van der Waals surface area contributed by atoms with Crippen molar-refractivity contribution >= 4 is 6.03 Å². The molecule has 26 heavy (non-hydrogen) atoms. The van der Waals surface area contributed by atoms with E-state index in [1.165, 1.54) is 12.0 Å². The Hall–Kier alpha value is -1.60. The zero-order valence-corrected chi connectivity index (χ0v) is 17.2. The number of ether oxygens (including phenoxy) is 1. The van der Waals surface area contributed by atoms with Gasteiger partial charge in [0.05, 0.1) is 11.8 Å². The average Bonchev–Trinajstić information content (AvgIpc) is 3.05. The molecule has 1 fully saturated rings. The Bertz CT molecular complexity index is 586. The standard InChI is InChI=1S/C19H35N5O2/c1-7-24-10-8-9-15(17(24)16-11-21-23(5)13-16)12-22(4)18(25)20-14-19(2,3)26-6/h11,13,15,17H,7-10,12,14H2,1-6H3,(H,20,25)/t15-,17+/m0/s1. The van der Waals surface area contributed by atoms with Crippen molar-refractivity contribution in [2.75, 3.05) is 40.3 Å². The van der Waals surface area contributed by atoms with E-state index in [1.54, 1.807) is 12.0 Å². The first-order valence-electron chi connectivity index (χ1n) is 9.54. The summed E-state index contributed by atoms with van der Waals surface area (Å²) >= 11 is 0. The van der Waals surface area contributed by atoms with Crippen molar-refractivity contribution in [3.8, 4) is 0 Å². The van der Waals surface area contributed by atoms with Crippen LogP contribution >= 0.6 is 0 Å². The third kappa shape index (κ3) is 5.20. The summed E-state index contributed by atoms with van der Waals surface area (Å²) in [5.41, 5.74) is 0.881. The lowest BCUT2D eigenvalue weighted by atomic mass is 9.85. The molecule has 0 saturated carbocycles. The predicted molar refractivity (Wildman–Crippen MR) is 103 cm³/mol. The number of methoxy groups -OCH3 is 1. The maximum absolute atomic E-state index is 12.5. The molecule has 2 atom stereocenters. The van der Waals surface area contributed by atoms with Crippen molar-refractivity contribution in [2.45, 2.75) is 45.3 Å². The van der Waals surface area contributed by atoms with Gasteiger partial charge in [-0.1, -0.05) is 6.92 Å². The number of nitrogens with zero attached hydrogens (tertiary/aromatic N) is 4. The van der Waals surface area contributed by atoms with Crippen molar-refractivity contribution in [3.05, 3.63) is 18.0 Å². The molecule has 0 aromatic carbocycles. The Kier molecular flexibility index (Phi) is 7.06. The van der Waals surface area contributed by atoms with Gasteiger partial charge in [0.25, 0.3) is 0 Å². The molecule has 1 aliphatic rings. The second kappa shape index (κ2) is 8.86. The summed E-state index contributed by atoms with van der Waals surface area (Å²) in [4.78, 5) is 16.8. The van der Waals surface area contributed by atoms with E-state index in [2.05, 4.69) is 28.4 Å². The number of aryl methyl sites for hydroxylation is 1.